The van der Waals surface area contributed by atoms with Crippen LogP contribution in [0.1, 0.15) is 41.6 Å². The molecule has 1 amide bonds. The first-order valence-corrected chi connectivity index (χ1v) is 12.8. The largest absolute Gasteiger partial charge is 0.451 e. The predicted octanol–water partition coefficient (Wildman–Crippen LogP) is 2.42. The van der Waals surface area contributed by atoms with E-state index in [1.807, 2.05) is 0 Å². The van der Waals surface area contributed by atoms with Crippen LogP contribution in [0.5, 0.6) is 0 Å². The zero-order chi connectivity index (χ0) is 23.3. The molecule has 2 heterocycles. The highest BCUT2D eigenvalue weighted by molar-refractivity contribution is 7.89. The number of hydrogen-bond acceptors (Lipinski definition) is 7. The molecule has 0 unspecified atom stereocenters. The van der Waals surface area contributed by atoms with Crippen molar-refractivity contribution < 1.29 is 27.9 Å². The molecule has 1 aliphatic rings. The molecule has 0 radical (unpaired) electrons. The summed E-state index contributed by atoms with van der Waals surface area (Å²) in [5, 5.41) is 11.7. The summed E-state index contributed by atoms with van der Waals surface area (Å²) in [6.07, 6.45) is 0.0123. The lowest BCUT2D eigenvalue weighted by Crippen LogP contribution is -2.44. The first kappa shape index (κ1) is 24.4. The van der Waals surface area contributed by atoms with Crippen molar-refractivity contribution in [3.05, 3.63) is 52.2 Å². The number of sulfonamides is 1. The Bertz CT molecular complexity index is 1030. The number of carbonyl (C=O) groups is 2. The molecular weight excluding hydrogens is 452 g/mol. The number of carbonyl (C=O) groups excluding carboxylic acids is 2. The van der Waals surface area contributed by atoms with E-state index in [-0.39, 0.29) is 22.2 Å². The lowest BCUT2D eigenvalue weighted by Gasteiger charge is -2.34. The topological polar surface area (TPSA) is 113 Å². The van der Waals surface area contributed by atoms with Crippen LogP contribution in [0.3, 0.4) is 0 Å². The molecule has 1 fully saturated rings. The van der Waals surface area contributed by atoms with Crippen molar-refractivity contribution >= 4 is 33.2 Å². The van der Waals surface area contributed by atoms with Gasteiger partial charge in [0.1, 0.15) is 9.77 Å². The van der Waals surface area contributed by atoms with Crippen LogP contribution in [0.15, 0.2) is 46.7 Å². The number of aliphatic hydroxyl groups is 1. The second-order valence-electron chi connectivity index (χ2n) is 8.21. The number of thiophene rings is 1. The van der Waals surface area contributed by atoms with Crippen LogP contribution in [0.2, 0.25) is 0 Å². The third-order valence-electron chi connectivity index (χ3n) is 5.30. The molecule has 1 aromatic carbocycles. The molecule has 0 saturated carbocycles. The van der Waals surface area contributed by atoms with Crippen molar-refractivity contribution in [2.75, 3.05) is 26.2 Å². The zero-order valence-corrected chi connectivity index (χ0v) is 19.7. The molecule has 2 aromatic rings. The summed E-state index contributed by atoms with van der Waals surface area (Å²) in [5.74, 6) is -0.397. The van der Waals surface area contributed by atoms with Crippen LogP contribution in [-0.2, 0) is 19.6 Å². The van der Waals surface area contributed by atoms with Crippen LogP contribution in [0.4, 0.5) is 0 Å². The first-order chi connectivity index (χ1) is 15.2. The third-order valence-corrected chi connectivity index (χ3v) is 7.79. The summed E-state index contributed by atoms with van der Waals surface area (Å²) >= 11 is 0.922. The van der Waals surface area contributed by atoms with Crippen molar-refractivity contribution in [3.63, 3.8) is 0 Å². The Balaban J connectivity index is 1.60. The highest BCUT2D eigenvalue weighted by atomic mass is 32.2. The molecule has 174 valence electrons. The van der Waals surface area contributed by atoms with Gasteiger partial charge < -0.3 is 14.7 Å². The molecule has 1 aliphatic heterocycles. The Hall–Kier alpha value is -2.27. The summed E-state index contributed by atoms with van der Waals surface area (Å²) in [6.45, 7) is 4.70. The van der Waals surface area contributed by atoms with E-state index in [1.54, 1.807) is 35.2 Å². The molecule has 1 saturated heterocycles. The number of hydrogen-bond donors (Lipinski definition) is 2. The van der Waals surface area contributed by atoms with Gasteiger partial charge in [-0.25, -0.2) is 17.9 Å². The minimum absolute atomic E-state index is 0.111. The Morgan fingerprint density at radius 3 is 2.50 bits per heavy atom. The first-order valence-electron chi connectivity index (χ1n) is 10.4. The van der Waals surface area contributed by atoms with Gasteiger partial charge in [0.05, 0.1) is 6.10 Å². The summed E-state index contributed by atoms with van der Waals surface area (Å²) in [4.78, 5) is 26.3. The fourth-order valence-electron chi connectivity index (χ4n) is 3.87. The highest BCUT2D eigenvalue weighted by Crippen LogP contribution is 2.24. The van der Waals surface area contributed by atoms with Crippen LogP contribution < -0.4 is 4.72 Å². The van der Waals surface area contributed by atoms with Crippen molar-refractivity contribution in [3.8, 4) is 0 Å². The maximum absolute atomic E-state index is 12.7. The number of rotatable bonds is 8. The average Bonchev–Trinajstić information content (AvgIpc) is 3.27. The number of amides is 1. The van der Waals surface area contributed by atoms with Crippen molar-refractivity contribution in [2.45, 2.75) is 31.3 Å². The standard InChI is InChI=1S/C22H28N2O6S2/c1-15-10-16(2)13-24(12-15)20(26)14-30-22(27)21-19(8-9-31-21)32(28,29)23-11-18(25)17-6-4-3-5-7-17/h3-9,15-16,18,23,25H,10-14H2,1-2H3/t15-,16-,18+/m1/s1. The van der Waals surface area contributed by atoms with Gasteiger partial charge in [-0.3, -0.25) is 4.79 Å². The minimum Gasteiger partial charge on any atom is -0.451 e. The molecule has 3 atom stereocenters. The maximum Gasteiger partial charge on any atom is 0.350 e. The molecule has 3 rings (SSSR count). The van der Waals surface area contributed by atoms with Gasteiger partial charge in [0.2, 0.25) is 10.0 Å². The van der Waals surface area contributed by atoms with Gasteiger partial charge in [-0.05, 0) is 35.3 Å². The summed E-state index contributed by atoms with van der Waals surface area (Å²) in [7, 11) is -4.07. The SMILES string of the molecule is C[C@@H]1C[C@@H](C)CN(C(=O)COC(=O)c2sccc2S(=O)(=O)NC[C@H](O)c2ccccc2)C1. The second-order valence-corrected chi connectivity index (χ2v) is 10.9. The van der Waals surface area contributed by atoms with Crippen molar-refractivity contribution in [1.82, 2.24) is 9.62 Å². The van der Waals surface area contributed by atoms with Gasteiger partial charge >= 0.3 is 5.97 Å². The van der Waals surface area contributed by atoms with E-state index < -0.39 is 28.7 Å². The lowest BCUT2D eigenvalue weighted by molar-refractivity contribution is -0.137. The molecule has 0 spiro atoms. The van der Waals surface area contributed by atoms with E-state index in [0.717, 1.165) is 17.8 Å². The second kappa shape index (κ2) is 10.6. The molecular formula is C22H28N2O6S2. The van der Waals surface area contributed by atoms with Crippen LogP contribution in [0, 0.1) is 11.8 Å². The van der Waals surface area contributed by atoms with Gasteiger partial charge in [0.15, 0.2) is 6.61 Å². The molecule has 32 heavy (non-hydrogen) atoms. The van der Waals surface area contributed by atoms with Crippen molar-refractivity contribution in [2.24, 2.45) is 11.8 Å². The van der Waals surface area contributed by atoms with Crippen molar-refractivity contribution in [1.29, 1.82) is 0 Å². The van der Waals surface area contributed by atoms with Gasteiger partial charge in [0, 0.05) is 19.6 Å². The number of likely N-dealkylation sites (tertiary alicyclic amines) is 1. The average molecular weight is 481 g/mol. The fourth-order valence-corrected chi connectivity index (χ4v) is 6.21. The van der Waals surface area contributed by atoms with E-state index >= 15 is 0 Å². The Kier molecular flexibility index (Phi) is 8.05. The monoisotopic (exact) mass is 480 g/mol. The molecule has 0 aliphatic carbocycles. The van der Waals surface area contributed by atoms with Crippen LogP contribution in [-0.4, -0.2) is 56.5 Å². The molecule has 2 N–H and O–H groups in total. The number of piperidine rings is 1. The van der Waals surface area contributed by atoms with E-state index in [1.165, 1.54) is 11.4 Å². The number of nitrogens with one attached hydrogen (secondary N) is 1. The number of aliphatic hydroxyl groups excluding tert-OH is 1. The number of nitrogens with zero attached hydrogens (tertiary/aromatic N) is 1. The fraction of sp³-hybridized carbons (Fsp3) is 0.455. The minimum atomic E-state index is -4.07. The summed E-state index contributed by atoms with van der Waals surface area (Å²) in [6, 6.07) is 9.95. The van der Waals surface area contributed by atoms with Gasteiger partial charge in [-0.15, -0.1) is 11.3 Å². The van der Waals surface area contributed by atoms with E-state index in [2.05, 4.69) is 18.6 Å². The van der Waals surface area contributed by atoms with Gasteiger partial charge in [-0.1, -0.05) is 44.2 Å². The lowest BCUT2D eigenvalue weighted by atomic mass is 9.92. The molecule has 10 heteroatoms. The number of esters is 1. The molecule has 8 nitrogen and oxygen atoms in total. The van der Waals surface area contributed by atoms with E-state index in [0.29, 0.717) is 30.5 Å². The van der Waals surface area contributed by atoms with Gasteiger partial charge in [-0.2, -0.15) is 0 Å². The Labute approximate surface area is 192 Å². The highest BCUT2D eigenvalue weighted by Gasteiger charge is 2.28. The smallest absolute Gasteiger partial charge is 0.350 e. The van der Waals surface area contributed by atoms with E-state index in [9.17, 15) is 23.1 Å². The normalized spacial score (nSPS) is 20.0. The van der Waals surface area contributed by atoms with E-state index in [4.69, 9.17) is 4.74 Å². The predicted molar refractivity (Wildman–Crippen MR) is 121 cm³/mol. The maximum atomic E-state index is 12.7. The molecule has 1 aromatic heterocycles. The Morgan fingerprint density at radius 2 is 1.84 bits per heavy atom. The molecule has 0 bridgehead atoms. The summed E-state index contributed by atoms with van der Waals surface area (Å²) in [5.41, 5.74) is 0.569. The Morgan fingerprint density at radius 1 is 1.19 bits per heavy atom. The third kappa shape index (κ3) is 6.16. The van der Waals surface area contributed by atoms with Crippen LogP contribution in [0.25, 0.3) is 0 Å². The van der Waals surface area contributed by atoms with Crippen LogP contribution >= 0.6 is 11.3 Å². The number of benzene rings is 1. The zero-order valence-electron chi connectivity index (χ0n) is 18.1. The quantitative estimate of drug-likeness (QED) is 0.561. The summed E-state index contributed by atoms with van der Waals surface area (Å²) < 4.78 is 32.9. The number of ether oxygens (including phenoxy) is 1. The van der Waals surface area contributed by atoms with Gasteiger partial charge in [0.25, 0.3) is 5.91 Å².